The molecule has 1 aliphatic carbocycles. The van der Waals surface area contributed by atoms with Gasteiger partial charge in [0.25, 0.3) is 0 Å². The first-order valence-corrected chi connectivity index (χ1v) is 9.06. The molecule has 0 aromatic carbocycles. The number of piperidine rings is 1. The Hall–Kier alpha value is -2.94. The molecule has 1 aliphatic heterocycles. The maximum absolute atomic E-state index is 12.5. The zero-order valence-electron chi connectivity index (χ0n) is 14.6. The summed E-state index contributed by atoms with van der Waals surface area (Å²) < 4.78 is 0. The van der Waals surface area contributed by atoms with Gasteiger partial charge in [0.15, 0.2) is 5.65 Å². The molecule has 3 aromatic rings. The summed E-state index contributed by atoms with van der Waals surface area (Å²) in [4.78, 5) is 26.6. The predicted octanol–water partition coefficient (Wildman–Crippen LogP) is 3.37. The van der Waals surface area contributed by atoms with Gasteiger partial charge in [-0.2, -0.15) is 0 Å². The minimum absolute atomic E-state index is 0.305. The molecule has 1 atom stereocenters. The number of carbonyl (C=O) groups is 1. The van der Waals surface area contributed by atoms with E-state index in [1.807, 2.05) is 24.7 Å². The molecule has 4 heterocycles. The smallest absolute Gasteiger partial charge is 0.225 e. The van der Waals surface area contributed by atoms with Crippen LogP contribution in [0.4, 0.5) is 0 Å². The predicted molar refractivity (Wildman–Crippen MR) is 99.3 cm³/mol. The SMILES string of the molecule is C#N.O=C(C1CC1)N1CCCC(c2cc[nH]c3cnc4nccc4c23)C1. The first kappa shape index (κ1) is 16.5. The maximum Gasteiger partial charge on any atom is 0.225 e. The number of nitrogens with one attached hydrogen (secondary N) is 1. The Morgan fingerprint density at radius 1 is 1.23 bits per heavy atom. The fourth-order valence-electron chi connectivity index (χ4n) is 4.04. The molecule has 5 rings (SSSR count). The van der Waals surface area contributed by atoms with Crippen LogP contribution in [0.1, 0.15) is 37.2 Å². The second-order valence-corrected chi connectivity index (χ2v) is 7.06. The molecule has 1 saturated carbocycles. The number of amides is 1. The normalized spacial score (nSPS) is 19.9. The van der Waals surface area contributed by atoms with E-state index in [0.717, 1.165) is 55.3 Å². The summed E-state index contributed by atoms with van der Waals surface area (Å²) in [6.45, 7) is 5.25. The summed E-state index contributed by atoms with van der Waals surface area (Å²) in [6, 6.07) is 4.21. The number of pyridine rings is 2. The van der Waals surface area contributed by atoms with E-state index >= 15 is 0 Å². The minimum Gasteiger partial charge on any atom is -0.360 e. The minimum atomic E-state index is 0.305. The van der Waals surface area contributed by atoms with E-state index in [-0.39, 0.29) is 0 Å². The molecule has 0 bridgehead atoms. The van der Waals surface area contributed by atoms with Crippen LogP contribution in [-0.4, -0.2) is 38.8 Å². The Bertz CT molecular complexity index is 972. The van der Waals surface area contributed by atoms with Crippen molar-refractivity contribution in [1.82, 2.24) is 19.9 Å². The quantitative estimate of drug-likeness (QED) is 0.770. The molecule has 1 amide bonds. The van der Waals surface area contributed by atoms with Crippen molar-refractivity contribution in [3.63, 3.8) is 0 Å². The molecule has 2 fully saturated rings. The van der Waals surface area contributed by atoms with Crippen LogP contribution in [0.2, 0.25) is 0 Å². The van der Waals surface area contributed by atoms with E-state index in [9.17, 15) is 4.79 Å². The highest BCUT2D eigenvalue weighted by Crippen LogP contribution is 2.37. The Morgan fingerprint density at radius 2 is 2.08 bits per heavy atom. The average molecular weight is 347 g/mol. The molecule has 132 valence electrons. The van der Waals surface area contributed by atoms with E-state index in [4.69, 9.17) is 5.26 Å². The molecule has 0 spiro atoms. The number of rotatable bonds is 2. The van der Waals surface area contributed by atoms with Crippen molar-refractivity contribution < 1.29 is 4.79 Å². The van der Waals surface area contributed by atoms with Gasteiger partial charge in [-0.1, -0.05) is 0 Å². The van der Waals surface area contributed by atoms with E-state index in [0.29, 0.717) is 17.7 Å². The van der Waals surface area contributed by atoms with Crippen LogP contribution in [0.5, 0.6) is 0 Å². The highest BCUT2D eigenvalue weighted by Gasteiger charge is 2.35. The highest BCUT2D eigenvalue weighted by atomic mass is 16.2. The summed E-state index contributed by atoms with van der Waals surface area (Å²) in [5.74, 6) is 1.06. The summed E-state index contributed by atoms with van der Waals surface area (Å²) in [7, 11) is 0. The van der Waals surface area contributed by atoms with E-state index in [1.54, 1.807) is 0 Å². The van der Waals surface area contributed by atoms with E-state index < -0.39 is 0 Å². The van der Waals surface area contributed by atoms with Gasteiger partial charge in [-0.25, -0.2) is 15.2 Å². The van der Waals surface area contributed by atoms with Gasteiger partial charge in [0, 0.05) is 54.7 Å². The largest absolute Gasteiger partial charge is 0.360 e. The summed E-state index contributed by atoms with van der Waals surface area (Å²) in [5.41, 5.74) is 3.15. The van der Waals surface area contributed by atoms with Crippen LogP contribution < -0.4 is 0 Å². The molecular formula is C20H21N5O. The number of aromatic nitrogens is 3. The first-order valence-electron chi connectivity index (χ1n) is 9.06. The first-order chi connectivity index (χ1) is 12.8. The van der Waals surface area contributed by atoms with Crippen LogP contribution in [-0.2, 0) is 4.79 Å². The number of hydrogen-bond donors (Lipinski definition) is 1. The Kier molecular flexibility index (Phi) is 4.29. The van der Waals surface area contributed by atoms with Gasteiger partial charge < -0.3 is 9.88 Å². The van der Waals surface area contributed by atoms with Crippen LogP contribution in [0, 0.1) is 17.8 Å². The number of hydrogen-bond acceptors (Lipinski definition) is 4. The van der Waals surface area contributed by atoms with Crippen molar-refractivity contribution in [2.24, 2.45) is 5.92 Å². The number of H-pyrrole nitrogens is 1. The van der Waals surface area contributed by atoms with Crippen molar-refractivity contribution in [3.8, 4) is 6.57 Å². The molecule has 26 heavy (non-hydrogen) atoms. The van der Waals surface area contributed by atoms with Crippen LogP contribution in [0.25, 0.3) is 21.9 Å². The Morgan fingerprint density at radius 3 is 2.88 bits per heavy atom. The van der Waals surface area contributed by atoms with Crippen molar-refractivity contribution in [1.29, 1.82) is 5.26 Å². The van der Waals surface area contributed by atoms with Gasteiger partial charge in [-0.15, -0.1) is 0 Å². The second-order valence-electron chi connectivity index (χ2n) is 7.06. The lowest BCUT2D eigenvalue weighted by Crippen LogP contribution is -2.40. The topological polar surface area (TPSA) is 85.7 Å². The lowest BCUT2D eigenvalue weighted by molar-refractivity contribution is -0.133. The third-order valence-electron chi connectivity index (χ3n) is 5.42. The van der Waals surface area contributed by atoms with Gasteiger partial charge in [0.05, 0.1) is 11.7 Å². The van der Waals surface area contributed by atoms with Crippen LogP contribution >= 0.6 is 0 Å². The maximum atomic E-state index is 12.5. The average Bonchev–Trinajstić information content (AvgIpc) is 3.45. The van der Waals surface area contributed by atoms with Gasteiger partial charge in [0.2, 0.25) is 5.91 Å². The fourth-order valence-corrected chi connectivity index (χ4v) is 4.04. The number of nitrogens with zero attached hydrogens (tertiary/aromatic N) is 4. The van der Waals surface area contributed by atoms with Gasteiger partial charge in [0.1, 0.15) is 0 Å². The second kappa shape index (κ2) is 6.75. The monoisotopic (exact) mass is 347 g/mol. The number of carbonyl (C=O) groups excluding carboxylic acids is 1. The lowest BCUT2D eigenvalue weighted by Gasteiger charge is -2.33. The van der Waals surface area contributed by atoms with Crippen LogP contribution in [0.15, 0.2) is 30.7 Å². The van der Waals surface area contributed by atoms with Gasteiger partial charge in [-0.3, -0.25) is 4.79 Å². The number of aromatic amines is 1. The fraction of sp³-hybridized carbons (Fsp3) is 0.400. The highest BCUT2D eigenvalue weighted by molar-refractivity contribution is 6.05. The van der Waals surface area contributed by atoms with Crippen LogP contribution in [0.3, 0.4) is 0 Å². The lowest BCUT2D eigenvalue weighted by atomic mass is 9.88. The molecule has 1 N–H and O–H groups in total. The zero-order chi connectivity index (χ0) is 18.1. The molecule has 0 radical (unpaired) electrons. The van der Waals surface area contributed by atoms with Crippen molar-refractivity contribution in [3.05, 3.63) is 36.3 Å². The molecule has 3 aromatic heterocycles. The Balaban J connectivity index is 0.000000814. The van der Waals surface area contributed by atoms with Gasteiger partial charge >= 0.3 is 0 Å². The Labute approximate surface area is 151 Å². The molecule has 6 heteroatoms. The van der Waals surface area contributed by atoms with Crippen molar-refractivity contribution >= 4 is 27.8 Å². The number of nitriles is 1. The molecule has 1 unspecified atom stereocenters. The zero-order valence-corrected chi connectivity index (χ0v) is 14.6. The summed E-state index contributed by atoms with van der Waals surface area (Å²) >= 11 is 0. The van der Waals surface area contributed by atoms with Crippen molar-refractivity contribution in [2.75, 3.05) is 13.1 Å². The molecule has 2 aliphatic rings. The third-order valence-corrected chi connectivity index (χ3v) is 5.42. The number of likely N-dealkylation sites (tertiary alicyclic amines) is 1. The molecule has 6 nitrogen and oxygen atoms in total. The third kappa shape index (κ3) is 2.80. The standard InChI is InChI=1S/C19H20N4O.CHN/c24-19(12-3-4-12)23-9-1-2-13(11-23)14-5-7-20-16-10-22-18-15(17(14)16)6-8-21-18;1-2/h5-8,10,12-13,20H,1-4,9,11H2;1H. The molecule has 1 saturated heterocycles. The van der Waals surface area contributed by atoms with E-state index in [1.165, 1.54) is 10.9 Å². The number of fused-ring (bicyclic) bond motifs is 3. The van der Waals surface area contributed by atoms with Crippen molar-refractivity contribution in [2.45, 2.75) is 31.6 Å². The van der Waals surface area contributed by atoms with E-state index in [2.05, 4.69) is 32.5 Å². The van der Waals surface area contributed by atoms with Gasteiger partial charge in [-0.05, 0) is 43.4 Å². The summed E-state index contributed by atoms with van der Waals surface area (Å²) in [6.07, 6.45) is 10.0. The molecular weight excluding hydrogens is 326 g/mol. The summed E-state index contributed by atoms with van der Waals surface area (Å²) in [5, 5.41) is 8.82.